The Morgan fingerprint density at radius 3 is 2.91 bits per heavy atom. The highest BCUT2D eigenvalue weighted by Gasteiger charge is 2.07. The van der Waals surface area contributed by atoms with Gasteiger partial charge in [0.15, 0.2) is 15.9 Å². The Kier molecular flexibility index (Phi) is 2.92. The lowest BCUT2D eigenvalue weighted by Crippen LogP contribution is -1.95. The minimum absolute atomic E-state index is 0.327. The number of aldehydes is 1. The van der Waals surface area contributed by atoms with Gasteiger partial charge in [-0.05, 0) is 32.9 Å². The minimum atomic E-state index is -0.713. The van der Waals surface area contributed by atoms with Gasteiger partial charge in [0.05, 0.1) is 10.6 Å². The number of carbonyl (C=O) groups excluding carboxylic acids is 1. The maximum absolute atomic E-state index is 12.7. The molecule has 1 aliphatic heterocycles. The molecule has 1 aliphatic rings. The van der Waals surface area contributed by atoms with Crippen LogP contribution in [0.4, 0.5) is 4.39 Å². The van der Waals surface area contributed by atoms with Crippen LogP contribution in [0.2, 0.25) is 0 Å². The standard InChI is InChI=1S/C7H6FIO2/c1-11-7-6(8)3-2-5(4-10)9-7/h2-4H,1H3. The van der Waals surface area contributed by atoms with Crippen molar-refractivity contribution in [1.82, 2.24) is 0 Å². The summed E-state index contributed by atoms with van der Waals surface area (Å²) in [5.41, 5.74) is 0. The van der Waals surface area contributed by atoms with E-state index in [1.54, 1.807) is 0 Å². The van der Waals surface area contributed by atoms with E-state index in [4.69, 9.17) is 4.74 Å². The predicted octanol–water partition coefficient (Wildman–Crippen LogP) is 1.68. The molecule has 0 unspecified atom stereocenters. The van der Waals surface area contributed by atoms with Gasteiger partial charge in [0.25, 0.3) is 0 Å². The van der Waals surface area contributed by atoms with Crippen molar-refractivity contribution in [2.45, 2.75) is 0 Å². The lowest BCUT2D eigenvalue weighted by Gasteiger charge is -2.03. The first-order valence-electron chi connectivity index (χ1n) is 2.86. The molecule has 1 heterocycles. The van der Waals surface area contributed by atoms with Crippen LogP contribution in [0.25, 0.3) is 0 Å². The summed E-state index contributed by atoms with van der Waals surface area (Å²) in [5, 5.41) is 0. The van der Waals surface area contributed by atoms with Crippen LogP contribution < -0.4 is 0 Å². The molecule has 0 radical (unpaired) electrons. The number of allylic oxidation sites excluding steroid dienone is 3. The van der Waals surface area contributed by atoms with Crippen LogP contribution in [0.5, 0.6) is 0 Å². The van der Waals surface area contributed by atoms with Crippen molar-refractivity contribution in [3.8, 4) is 0 Å². The Balaban J connectivity index is 2.99. The highest BCUT2D eigenvalue weighted by atomic mass is 127. The number of methoxy groups -OCH3 is 1. The summed E-state index contributed by atoms with van der Waals surface area (Å²) in [6.07, 6.45) is 3.50. The average Bonchev–Trinajstić information content (AvgIpc) is 2.05. The molecule has 0 saturated carbocycles. The second kappa shape index (κ2) is 3.75. The van der Waals surface area contributed by atoms with E-state index in [0.29, 0.717) is 7.27 Å². The summed E-state index contributed by atoms with van der Waals surface area (Å²) in [6.45, 7) is 0. The molecule has 0 saturated heterocycles. The van der Waals surface area contributed by atoms with Crippen molar-refractivity contribution in [2.24, 2.45) is 0 Å². The van der Waals surface area contributed by atoms with Crippen LogP contribution in [-0.2, 0) is 9.53 Å². The van der Waals surface area contributed by atoms with E-state index in [1.165, 1.54) is 19.3 Å². The fraction of sp³-hybridized carbons (Fsp3) is 0.143. The molecule has 0 aromatic carbocycles. The van der Waals surface area contributed by atoms with Gasteiger partial charge in [-0.25, -0.2) is 4.39 Å². The highest BCUT2D eigenvalue weighted by molar-refractivity contribution is 14.2. The summed E-state index contributed by atoms with van der Waals surface area (Å²) in [6, 6.07) is 0. The zero-order valence-electron chi connectivity index (χ0n) is 5.80. The first-order chi connectivity index (χ1) is 5.27. The van der Waals surface area contributed by atoms with Crippen molar-refractivity contribution in [3.63, 3.8) is 0 Å². The molecule has 1 rings (SSSR count). The zero-order chi connectivity index (χ0) is 8.27. The molecule has 11 heavy (non-hydrogen) atoms. The maximum Gasteiger partial charge on any atom is 0.186 e. The van der Waals surface area contributed by atoms with Crippen molar-refractivity contribution < 1.29 is 13.9 Å². The van der Waals surface area contributed by atoms with Crippen molar-refractivity contribution in [1.29, 1.82) is 0 Å². The largest absolute Gasteiger partial charge is 0.488 e. The normalized spacial score (nSPS) is 17.1. The fourth-order valence-electron chi connectivity index (χ4n) is 0.592. The van der Waals surface area contributed by atoms with E-state index in [1.807, 2.05) is 0 Å². The number of rotatable bonds is 2. The van der Waals surface area contributed by atoms with Gasteiger partial charge in [-0.2, -0.15) is 0 Å². The van der Waals surface area contributed by atoms with E-state index in [-0.39, 0.29) is 5.83 Å². The lowest BCUT2D eigenvalue weighted by molar-refractivity contribution is -0.102. The number of carbonyl (C=O) groups is 1. The van der Waals surface area contributed by atoms with E-state index < -0.39 is 20.7 Å². The molecular formula is C7H6FIO2. The number of hydrogen-bond donors (Lipinski definition) is 0. The first-order valence-corrected chi connectivity index (χ1v) is 5.02. The van der Waals surface area contributed by atoms with Gasteiger partial charge in [0.1, 0.15) is 0 Å². The van der Waals surface area contributed by atoms with Crippen molar-refractivity contribution >= 4 is 30.5 Å². The Bertz CT molecular complexity index is 266. The number of halogens is 2. The molecule has 0 bridgehead atoms. The van der Waals surface area contributed by atoms with Gasteiger partial charge in [-0.3, -0.25) is 4.79 Å². The lowest BCUT2D eigenvalue weighted by atomic mass is 10.4. The second-order valence-corrected chi connectivity index (χ2v) is 4.52. The molecule has 0 atom stereocenters. The maximum atomic E-state index is 12.7. The topological polar surface area (TPSA) is 26.3 Å². The van der Waals surface area contributed by atoms with E-state index in [9.17, 15) is 9.18 Å². The predicted molar refractivity (Wildman–Crippen MR) is 49.4 cm³/mol. The molecule has 2 nitrogen and oxygen atoms in total. The monoisotopic (exact) mass is 268 g/mol. The van der Waals surface area contributed by atoms with Gasteiger partial charge in [0, 0.05) is 0 Å². The molecule has 0 aromatic rings. The molecule has 0 fully saturated rings. The molecule has 0 aromatic heterocycles. The summed E-state index contributed by atoms with van der Waals surface area (Å²) in [5.74, 6) is -0.356. The van der Waals surface area contributed by atoms with Crippen LogP contribution in [0, 0.1) is 0 Å². The quantitative estimate of drug-likeness (QED) is 0.562. The third-order valence-corrected chi connectivity index (χ3v) is 3.75. The van der Waals surface area contributed by atoms with Crippen LogP contribution in [0.1, 0.15) is 0 Å². The summed E-state index contributed by atoms with van der Waals surface area (Å²) in [7, 11) is 1.41. The van der Waals surface area contributed by atoms with E-state index in [2.05, 4.69) is 0 Å². The summed E-state index contributed by atoms with van der Waals surface area (Å²) < 4.78 is 18.5. The van der Waals surface area contributed by atoms with Gasteiger partial charge in [-0.15, -0.1) is 0 Å². The van der Waals surface area contributed by atoms with Crippen LogP contribution in [0.3, 0.4) is 0 Å². The molecular weight excluding hydrogens is 262 g/mol. The SMILES string of the molecule is COC1=C(F)C=CC(C=O)=I1. The van der Waals surface area contributed by atoms with Gasteiger partial charge >= 0.3 is 0 Å². The third-order valence-electron chi connectivity index (χ3n) is 1.06. The molecule has 0 N–H and O–H groups in total. The Morgan fingerprint density at radius 2 is 2.36 bits per heavy atom. The average molecular weight is 268 g/mol. The van der Waals surface area contributed by atoms with Crippen LogP contribution in [-0.4, -0.2) is 16.9 Å². The minimum Gasteiger partial charge on any atom is -0.488 e. The first kappa shape index (κ1) is 8.58. The number of ether oxygens (including phenoxy) is 1. The second-order valence-electron chi connectivity index (χ2n) is 1.76. The van der Waals surface area contributed by atoms with Crippen LogP contribution in [0.15, 0.2) is 21.7 Å². The molecule has 0 amide bonds. The van der Waals surface area contributed by atoms with Crippen LogP contribution >= 0.6 is 20.7 Å². The zero-order valence-corrected chi connectivity index (χ0v) is 7.96. The summed E-state index contributed by atoms with van der Waals surface area (Å²) >= 11 is -0.713. The number of hydrogen-bond acceptors (Lipinski definition) is 2. The molecule has 0 spiro atoms. The Hall–Kier alpha value is -0.520. The van der Waals surface area contributed by atoms with Gasteiger partial charge in [-0.1, -0.05) is 0 Å². The van der Waals surface area contributed by atoms with E-state index in [0.717, 1.165) is 6.29 Å². The van der Waals surface area contributed by atoms with Crippen molar-refractivity contribution in [2.75, 3.05) is 7.11 Å². The molecule has 4 heteroatoms. The Labute approximate surface area is 73.5 Å². The molecule has 0 aliphatic carbocycles. The Morgan fingerprint density at radius 1 is 1.64 bits per heavy atom. The fourth-order valence-corrected chi connectivity index (χ4v) is 2.30. The van der Waals surface area contributed by atoms with Gasteiger partial charge in [0.2, 0.25) is 0 Å². The highest BCUT2D eigenvalue weighted by Crippen LogP contribution is 2.26. The van der Waals surface area contributed by atoms with Gasteiger partial charge < -0.3 is 4.74 Å². The smallest absolute Gasteiger partial charge is 0.186 e. The summed E-state index contributed by atoms with van der Waals surface area (Å²) in [4.78, 5) is 10.3. The molecule has 60 valence electrons. The van der Waals surface area contributed by atoms with E-state index >= 15 is 0 Å². The third kappa shape index (κ3) is 1.95. The van der Waals surface area contributed by atoms with Crippen molar-refractivity contribution in [3.05, 3.63) is 21.7 Å².